The van der Waals surface area contributed by atoms with Crippen LogP contribution in [0.5, 0.6) is 0 Å². The first kappa shape index (κ1) is 9.77. The largest absolute Gasteiger partial charge is 0.477 e. The van der Waals surface area contributed by atoms with E-state index in [1.807, 2.05) is 6.92 Å². The van der Waals surface area contributed by atoms with Gasteiger partial charge in [-0.25, -0.2) is 4.79 Å². The molecule has 4 heteroatoms. The quantitative estimate of drug-likeness (QED) is 0.664. The average molecular weight is 183 g/mol. The predicted molar refractivity (Wildman–Crippen MR) is 47.0 cm³/mol. The molecule has 4 nitrogen and oxygen atoms in total. The van der Waals surface area contributed by atoms with Crippen LogP contribution in [-0.2, 0) is 9.59 Å². The minimum Gasteiger partial charge on any atom is -0.477 e. The molecule has 1 aliphatic rings. The molecule has 0 aromatic rings. The van der Waals surface area contributed by atoms with Crippen LogP contribution in [0.15, 0.2) is 11.8 Å². The number of carboxylic acids is 1. The van der Waals surface area contributed by atoms with Gasteiger partial charge in [0.05, 0.1) is 0 Å². The molecule has 0 atom stereocenters. The Labute approximate surface area is 76.8 Å². The highest BCUT2D eigenvalue weighted by Crippen LogP contribution is 2.16. The van der Waals surface area contributed by atoms with Crippen LogP contribution in [0.3, 0.4) is 0 Å². The van der Waals surface area contributed by atoms with Gasteiger partial charge >= 0.3 is 5.97 Å². The molecular weight excluding hydrogens is 170 g/mol. The number of amides is 1. The van der Waals surface area contributed by atoms with Crippen molar-refractivity contribution in [3.8, 4) is 0 Å². The van der Waals surface area contributed by atoms with Crippen LogP contribution in [0.4, 0.5) is 0 Å². The van der Waals surface area contributed by atoms with Crippen molar-refractivity contribution in [1.82, 2.24) is 4.90 Å². The number of hydrogen-bond acceptors (Lipinski definition) is 2. The lowest BCUT2D eigenvalue weighted by molar-refractivity contribution is -0.138. The molecular formula is C9H13NO3. The van der Waals surface area contributed by atoms with Gasteiger partial charge in [0.15, 0.2) is 0 Å². The van der Waals surface area contributed by atoms with Gasteiger partial charge in [0.1, 0.15) is 5.70 Å². The molecule has 1 aliphatic heterocycles. The van der Waals surface area contributed by atoms with Gasteiger partial charge < -0.3 is 10.0 Å². The van der Waals surface area contributed by atoms with Crippen LogP contribution in [0.2, 0.25) is 0 Å². The third-order valence-corrected chi connectivity index (χ3v) is 1.98. The van der Waals surface area contributed by atoms with E-state index in [2.05, 4.69) is 0 Å². The van der Waals surface area contributed by atoms with Crippen LogP contribution in [0.25, 0.3) is 0 Å². The van der Waals surface area contributed by atoms with Crippen molar-refractivity contribution in [2.45, 2.75) is 26.2 Å². The average Bonchev–Trinajstić information content (AvgIpc) is 2.47. The van der Waals surface area contributed by atoms with Gasteiger partial charge in [-0.05, 0) is 12.8 Å². The fourth-order valence-corrected chi connectivity index (χ4v) is 1.41. The van der Waals surface area contributed by atoms with Crippen LogP contribution < -0.4 is 0 Å². The molecule has 1 fully saturated rings. The molecule has 72 valence electrons. The topological polar surface area (TPSA) is 57.6 Å². The van der Waals surface area contributed by atoms with Crippen LogP contribution in [0, 0.1) is 0 Å². The van der Waals surface area contributed by atoms with Crippen LogP contribution >= 0.6 is 0 Å². The number of likely N-dealkylation sites (tertiary alicyclic amines) is 1. The standard InChI is InChI=1S/C9H13NO3/c1-2-4-7(9(12)13)10-6-3-5-8(10)11/h4H,2-3,5-6H2,1H3,(H,12,13). The maximum Gasteiger partial charge on any atom is 0.352 e. The molecule has 0 saturated carbocycles. The van der Waals surface area contributed by atoms with Gasteiger partial charge in [0.2, 0.25) is 5.91 Å². The molecule has 1 N–H and O–H groups in total. The summed E-state index contributed by atoms with van der Waals surface area (Å²) in [4.78, 5) is 23.3. The molecule has 1 saturated heterocycles. The monoisotopic (exact) mass is 183 g/mol. The number of rotatable bonds is 3. The fraction of sp³-hybridized carbons (Fsp3) is 0.556. The van der Waals surface area contributed by atoms with Gasteiger partial charge in [-0.1, -0.05) is 13.0 Å². The van der Waals surface area contributed by atoms with Gasteiger partial charge in [-0.2, -0.15) is 0 Å². The maximum atomic E-state index is 11.2. The van der Waals surface area contributed by atoms with E-state index in [1.165, 1.54) is 4.90 Å². The normalized spacial score (nSPS) is 18.1. The number of hydrogen-bond donors (Lipinski definition) is 1. The van der Waals surface area contributed by atoms with E-state index < -0.39 is 5.97 Å². The van der Waals surface area contributed by atoms with Crippen molar-refractivity contribution >= 4 is 11.9 Å². The Morgan fingerprint density at radius 1 is 1.69 bits per heavy atom. The SMILES string of the molecule is CCC=C(C(=O)O)N1CCCC1=O. The van der Waals surface area contributed by atoms with E-state index in [0.717, 1.165) is 6.42 Å². The molecule has 1 heterocycles. The Hall–Kier alpha value is -1.32. The molecule has 0 radical (unpaired) electrons. The van der Waals surface area contributed by atoms with Gasteiger partial charge in [-0.15, -0.1) is 0 Å². The highest BCUT2D eigenvalue weighted by Gasteiger charge is 2.26. The highest BCUT2D eigenvalue weighted by molar-refractivity contribution is 5.93. The number of nitrogens with zero attached hydrogens (tertiary/aromatic N) is 1. The summed E-state index contributed by atoms with van der Waals surface area (Å²) < 4.78 is 0. The summed E-state index contributed by atoms with van der Waals surface area (Å²) in [6, 6.07) is 0. The smallest absolute Gasteiger partial charge is 0.352 e. The summed E-state index contributed by atoms with van der Waals surface area (Å²) in [6.07, 6.45) is 3.43. The minimum atomic E-state index is -1.02. The van der Waals surface area contributed by atoms with E-state index >= 15 is 0 Å². The van der Waals surface area contributed by atoms with Crippen molar-refractivity contribution in [2.24, 2.45) is 0 Å². The second-order valence-electron chi connectivity index (χ2n) is 2.95. The van der Waals surface area contributed by atoms with Crippen molar-refractivity contribution in [1.29, 1.82) is 0 Å². The van der Waals surface area contributed by atoms with Crippen molar-refractivity contribution in [3.05, 3.63) is 11.8 Å². The molecule has 0 unspecified atom stereocenters. The zero-order valence-corrected chi connectivity index (χ0v) is 7.62. The fourth-order valence-electron chi connectivity index (χ4n) is 1.41. The summed E-state index contributed by atoms with van der Waals surface area (Å²) in [5.74, 6) is -1.10. The Kier molecular flexibility index (Phi) is 3.06. The molecule has 0 spiro atoms. The predicted octanol–water partition coefficient (Wildman–Crippen LogP) is 0.987. The van der Waals surface area contributed by atoms with Crippen LogP contribution in [-0.4, -0.2) is 28.4 Å². The summed E-state index contributed by atoms with van der Waals surface area (Å²) in [7, 11) is 0. The number of carbonyl (C=O) groups is 2. The highest BCUT2D eigenvalue weighted by atomic mass is 16.4. The molecule has 13 heavy (non-hydrogen) atoms. The van der Waals surface area contributed by atoms with E-state index in [-0.39, 0.29) is 11.6 Å². The number of allylic oxidation sites excluding steroid dienone is 1. The Bertz CT molecular complexity index is 258. The lowest BCUT2D eigenvalue weighted by Crippen LogP contribution is -2.28. The molecule has 0 aromatic carbocycles. The van der Waals surface area contributed by atoms with Crippen molar-refractivity contribution in [3.63, 3.8) is 0 Å². The number of carbonyl (C=O) groups excluding carboxylic acids is 1. The zero-order chi connectivity index (χ0) is 9.84. The first-order chi connectivity index (χ1) is 6.16. The third kappa shape index (κ3) is 2.08. The maximum absolute atomic E-state index is 11.2. The number of aliphatic carboxylic acids is 1. The molecule has 0 bridgehead atoms. The Balaban J connectivity index is 2.81. The second-order valence-corrected chi connectivity index (χ2v) is 2.95. The van der Waals surface area contributed by atoms with E-state index in [4.69, 9.17) is 5.11 Å². The van der Waals surface area contributed by atoms with Gasteiger partial charge in [-0.3, -0.25) is 4.79 Å². The minimum absolute atomic E-state index is 0.0814. The summed E-state index contributed by atoms with van der Waals surface area (Å²) in [5.41, 5.74) is 0.130. The van der Waals surface area contributed by atoms with Crippen LogP contribution in [0.1, 0.15) is 26.2 Å². The van der Waals surface area contributed by atoms with E-state index in [1.54, 1.807) is 6.08 Å². The molecule has 0 aliphatic carbocycles. The molecule has 0 aromatic heterocycles. The van der Waals surface area contributed by atoms with Gasteiger partial charge in [0, 0.05) is 13.0 Å². The van der Waals surface area contributed by atoms with Crippen molar-refractivity contribution in [2.75, 3.05) is 6.54 Å². The molecule has 1 rings (SSSR count). The Morgan fingerprint density at radius 3 is 2.77 bits per heavy atom. The molecule has 1 amide bonds. The summed E-state index contributed by atoms with van der Waals surface area (Å²) in [6.45, 7) is 2.39. The first-order valence-electron chi connectivity index (χ1n) is 4.40. The summed E-state index contributed by atoms with van der Waals surface area (Å²) >= 11 is 0. The van der Waals surface area contributed by atoms with Gasteiger partial charge in [0.25, 0.3) is 0 Å². The lowest BCUT2D eigenvalue weighted by atomic mass is 10.3. The number of carboxylic acid groups (broad SMARTS) is 1. The van der Waals surface area contributed by atoms with E-state index in [9.17, 15) is 9.59 Å². The van der Waals surface area contributed by atoms with E-state index in [0.29, 0.717) is 19.4 Å². The van der Waals surface area contributed by atoms with Crippen molar-refractivity contribution < 1.29 is 14.7 Å². The zero-order valence-electron chi connectivity index (χ0n) is 7.62. The Morgan fingerprint density at radius 2 is 2.38 bits per heavy atom. The summed E-state index contributed by atoms with van der Waals surface area (Å²) in [5, 5.41) is 8.82. The third-order valence-electron chi connectivity index (χ3n) is 1.98. The lowest BCUT2D eigenvalue weighted by Gasteiger charge is -2.15. The first-order valence-corrected chi connectivity index (χ1v) is 4.40. The second kappa shape index (κ2) is 4.07.